The molecule has 2 N–H and O–H groups in total. The highest BCUT2D eigenvalue weighted by atomic mass is 35.5. The Labute approximate surface area is 124 Å². The van der Waals surface area contributed by atoms with Crippen LogP contribution in [0.15, 0.2) is 23.1 Å². The van der Waals surface area contributed by atoms with E-state index in [9.17, 15) is 8.42 Å². The van der Waals surface area contributed by atoms with Crippen molar-refractivity contribution in [2.75, 3.05) is 5.75 Å². The van der Waals surface area contributed by atoms with Crippen LogP contribution < -0.4 is 5.73 Å². The molecule has 0 bridgehead atoms. The van der Waals surface area contributed by atoms with Crippen molar-refractivity contribution in [1.29, 1.82) is 0 Å². The molecular formula is C13H17Cl2NO2S. The summed E-state index contributed by atoms with van der Waals surface area (Å²) in [5.74, 6) is 0.338. The van der Waals surface area contributed by atoms with Gasteiger partial charge < -0.3 is 5.73 Å². The molecular weight excluding hydrogens is 305 g/mol. The average molecular weight is 322 g/mol. The molecule has 0 radical (unpaired) electrons. The highest BCUT2D eigenvalue weighted by molar-refractivity contribution is 7.91. The van der Waals surface area contributed by atoms with Crippen molar-refractivity contribution in [2.45, 2.75) is 36.6 Å². The van der Waals surface area contributed by atoms with Crippen LogP contribution in [0, 0.1) is 5.92 Å². The molecule has 1 aliphatic carbocycles. The second-order valence-electron chi connectivity index (χ2n) is 5.01. The van der Waals surface area contributed by atoms with Gasteiger partial charge in [-0.25, -0.2) is 8.42 Å². The van der Waals surface area contributed by atoms with E-state index >= 15 is 0 Å². The van der Waals surface area contributed by atoms with E-state index in [1.54, 1.807) is 18.2 Å². The van der Waals surface area contributed by atoms with E-state index in [0.29, 0.717) is 6.42 Å². The van der Waals surface area contributed by atoms with Crippen LogP contribution in [0.3, 0.4) is 0 Å². The fraction of sp³-hybridized carbons (Fsp3) is 0.538. The first kappa shape index (κ1) is 15.1. The third-order valence-electron chi connectivity index (χ3n) is 3.71. The lowest BCUT2D eigenvalue weighted by atomic mass is 10.0. The molecule has 106 valence electrons. The summed E-state index contributed by atoms with van der Waals surface area (Å²) in [4.78, 5) is 0.0462. The van der Waals surface area contributed by atoms with Crippen LogP contribution in [0.4, 0.5) is 0 Å². The molecule has 2 rings (SSSR count). The molecule has 3 nitrogen and oxygen atoms in total. The quantitative estimate of drug-likeness (QED) is 0.925. The summed E-state index contributed by atoms with van der Waals surface area (Å²) in [6, 6.07) is 4.84. The number of rotatable bonds is 4. The fourth-order valence-corrected chi connectivity index (χ4v) is 5.26. The molecule has 0 spiro atoms. The van der Waals surface area contributed by atoms with Crippen LogP contribution in [-0.4, -0.2) is 20.2 Å². The monoisotopic (exact) mass is 321 g/mol. The molecule has 2 atom stereocenters. The standard InChI is InChI=1S/C13H17Cl2NO2S/c14-10-4-2-5-11(15)13(10)19(17,18)8-7-9-3-1-6-12(9)16/h2,4-5,9,12H,1,3,6-8,16H2. The van der Waals surface area contributed by atoms with Gasteiger partial charge in [0.2, 0.25) is 0 Å². The van der Waals surface area contributed by atoms with Gasteiger partial charge in [-0.2, -0.15) is 0 Å². The van der Waals surface area contributed by atoms with Gasteiger partial charge in [0, 0.05) is 6.04 Å². The Balaban J connectivity index is 2.14. The fourth-order valence-electron chi connectivity index (χ4n) is 2.61. The molecule has 0 aliphatic heterocycles. The largest absolute Gasteiger partial charge is 0.327 e. The zero-order chi connectivity index (χ0) is 14.0. The molecule has 0 saturated heterocycles. The SMILES string of the molecule is NC1CCCC1CCS(=O)(=O)c1c(Cl)cccc1Cl. The molecule has 1 saturated carbocycles. The van der Waals surface area contributed by atoms with E-state index in [1.807, 2.05) is 0 Å². The summed E-state index contributed by atoms with van der Waals surface area (Å²) < 4.78 is 24.7. The molecule has 0 heterocycles. The van der Waals surface area contributed by atoms with Crippen molar-refractivity contribution in [2.24, 2.45) is 11.7 Å². The summed E-state index contributed by atoms with van der Waals surface area (Å²) in [6.45, 7) is 0. The van der Waals surface area contributed by atoms with Gasteiger partial charge in [0.05, 0.1) is 15.8 Å². The van der Waals surface area contributed by atoms with E-state index in [4.69, 9.17) is 28.9 Å². The van der Waals surface area contributed by atoms with Gasteiger partial charge in [-0.15, -0.1) is 0 Å². The highest BCUT2D eigenvalue weighted by Crippen LogP contribution is 2.32. The summed E-state index contributed by atoms with van der Waals surface area (Å²) in [7, 11) is -3.45. The molecule has 2 unspecified atom stereocenters. The van der Waals surface area contributed by atoms with E-state index in [-0.39, 0.29) is 32.7 Å². The second-order valence-corrected chi connectivity index (χ2v) is 7.87. The Morgan fingerprint density at radius 1 is 1.21 bits per heavy atom. The van der Waals surface area contributed by atoms with Gasteiger partial charge in [-0.3, -0.25) is 0 Å². The van der Waals surface area contributed by atoms with Gasteiger partial charge in [0.15, 0.2) is 9.84 Å². The van der Waals surface area contributed by atoms with E-state index < -0.39 is 9.84 Å². The lowest BCUT2D eigenvalue weighted by molar-refractivity contribution is 0.464. The van der Waals surface area contributed by atoms with E-state index in [1.165, 1.54) is 0 Å². The first-order chi connectivity index (χ1) is 8.92. The molecule has 0 aromatic heterocycles. The highest BCUT2D eigenvalue weighted by Gasteiger charge is 2.28. The number of benzene rings is 1. The molecule has 0 amide bonds. The van der Waals surface area contributed by atoms with Crippen LogP contribution in [0.25, 0.3) is 0 Å². The third kappa shape index (κ3) is 3.43. The lowest BCUT2D eigenvalue weighted by Gasteiger charge is -2.15. The summed E-state index contributed by atoms with van der Waals surface area (Å²) in [5.41, 5.74) is 5.96. The van der Waals surface area contributed by atoms with Gasteiger partial charge in [0.25, 0.3) is 0 Å². The normalized spacial score (nSPS) is 23.7. The molecule has 19 heavy (non-hydrogen) atoms. The zero-order valence-corrected chi connectivity index (χ0v) is 12.8. The minimum Gasteiger partial charge on any atom is -0.327 e. The van der Waals surface area contributed by atoms with E-state index in [2.05, 4.69) is 0 Å². The first-order valence-electron chi connectivity index (χ1n) is 6.34. The van der Waals surface area contributed by atoms with Crippen molar-refractivity contribution < 1.29 is 8.42 Å². The summed E-state index contributed by atoms with van der Waals surface area (Å²) in [5, 5.41) is 0.367. The summed E-state index contributed by atoms with van der Waals surface area (Å²) in [6.07, 6.45) is 3.65. The Bertz CT molecular complexity index is 540. The zero-order valence-electron chi connectivity index (χ0n) is 10.5. The summed E-state index contributed by atoms with van der Waals surface area (Å²) >= 11 is 11.9. The topological polar surface area (TPSA) is 60.2 Å². The van der Waals surface area contributed by atoms with Crippen molar-refractivity contribution >= 4 is 33.0 Å². The van der Waals surface area contributed by atoms with Crippen molar-refractivity contribution in [1.82, 2.24) is 0 Å². The Morgan fingerprint density at radius 2 is 1.84 bits per heavy atom. The van der Waals surface area contributed by atoms with Gasteiger partial charge in [0.1, 0.15) is 4.90 Å². The number of nitrogens with two attached hydrogens (primary N) is 1. The van der Waals surface area contributed by atoms with Gasteiger partial charge in [-0.1, -0.05) is 35.7 Å². The van der Waals surface area contributed by atoms with Crippen LogP contribution in [0.5, 0.6) is 0 Å². The first-order valence-corrected chi connectivity index (χ1v) is 8.75. The van der Waals surface area contributed by atoms with Crippen molar-refractivity contribution in [3.8, 4) is 0 Å². The number of sulfone groups is 1. The minimum atomic E-state index is -3.45. The van der Waals surface area contributed by atoms with Crippen molar-refractivity contribution in [3.63, 3.8) is 0 Å². The van der Waals surface area contributed by atoms with Gasteiger partial charge >= 0.3 is 0 Å². The molecule has 6 heteroatoms. The van der Waals surface area contributed by atoms with Crippen LogP contribution in [0.2, 0.25) is 10.0 Å². The van der Waals surface area contributed by atoms with Gasteiger partial charge in [-0.05, 0) is 37.3 Å². The van der Waals surface area contributed by atoms with Crippen molar-refractivity contribution in [3.05, 3.63) is 28.2 Å². The predicted molar refractivity (Wildman–Crippen MR) is 78.4 cm³/mol. The Hall–Kier alpha value is -0.290. The molecule has 1 fully saturated rings. The van der Waals surface area contributed by atoms with Crippen LogP contribution >= 0.6 is 23.2 Å². The Kier molecular flexibility index (Phi) is 4.77. The predicted octanol–water partition coefficient (Wildman–Crippen LogP) is 3.28. The maximum atomic E-state index is 12.3. The number of hydrogen-bond donors (Lipinski definition) is 1. The number of halogens is 2. The maximum absolute atomic E-state index is 12.3. The molecule has 1 aromatic carbocycles. The van der Waals surface area contributed by atoms with E-state index in [0.717, 1.165) is 19.3 Å². The average Bonchev–Trinajstić information content (AvgIpc) is 2.72. The third-order valence-corrected chi connectivity index (χ3v) is 6.39. The van der Waals surface area contributed by atoms with Crippen LogP contribution in [-0.2, 0) is 9.84 Å². The number of hydrogen-bond acceptors (Lipinski definition) is 3. The lowest BCUT2D eigenvalue weighted by Crippen LogP contribution is -2.26. The Morgan fingerprint density at radius 3 is 2.37 bits per heavy atom. The minimum absolute atomic E-state index is 0.0462. The van der Waals surface area contributed by atoms with Crippen LogP contribution in [0.1, 0.15) is 25.7 Å². The molecule has 1 aliphatic rings. The molecule has 1 aromatic rings. The second kappa shape index (κ2) is 6.00. The maximum Gasteiger partial charge on any atom is 0.181 e. The smallest absolute Gasteiger partial charge is 0.181 e.